The third-order valence-electron chi connectivity index (χ3n) is 2.41. The summed E-state index contributed by atoms with van der Waals surface area (Å²) in [5, 5.41) is 13.0. The van der Waals surface area contributed by atoms with Crippen LogP contribution < -0.4 is 10.1 Å². The van der Waals surface area contributed by atoms with Crippen molar-refractivity contribution in [1.29, 1.82) is 5.26 Å². The topological polar surface area (TPSA) is 57.9 Å². The van der Waals surface area contributed by atoms with Crippen LogP contribution in [0, 0.1) is 18.3 Å². The summed E-state index contributed by atoms with van der Waals surface area (Å²) in [6.07, 6.45) is 0. The smallest absolute Gasteiger partial charge is 0.142 e. The van der Waals surface area contributed by atoms with Gasteiger partial charge in [-0.15, -0.1) is 0 Å². The highest BCUT2D eigenvalue weighted by atomic mass is 32.1. The number of nitrogens with zero attached hydrogens (tertiary/aromatic N) is 2. The van der Waals surface area contributed by atoms with Crippen molar-refractivity contribution in [3.63, 3.8) is 0 Å². The minimum Gasteiger partial charge on any atom is -0.492 e. The quantitative estimate of drug-likeness (QED) is 0.913. The van der Waals surface area contributed by atoms with Crippen LogP contribution in [0.3, 0.4) is 0 Å². The van der Waals surface area contributed by atoms with Gasteiger partial charge in [0.05, 0.1) is 18.0 Å². The fourth-order valence-corrected chi connectivity index (χ4v) is 2.32. The van der Waals surface area contributed by atoms with E-state index in [0.29, 0.717) is 12.2 Å². The number of aryl methyl sites for hydroxylation is 1. The van der Waals surface area contributed by atoms with Crippen LogP contribution in [0.5, 0.6) is 5.75 Å². The Hall–Kier alpha value is -2.06. The van der Waals surface area contributed by atoms with E-state index in [1.807, 2.05) is 38.1 Å². The SMILES string of the molecule is CCOc1ccccc1Nc1snc(C)c1C#N. The van der Waals surface area contributed by atoms with Crippen LogP contribution in [0.4, 0.5) is 10.7 Å². The molecular weight excluding hydrogens is 246 g/mol. The number of hydrogen-bond acceptors (Lipinski definition) is 5. The standard InChI is InChI=1S/C13H13N3OS/c1-3-17-12-7-5-4-6-11(12)15-13-10(8-14)9(2)16-18-13/h4-7,15H,3H2,1-2H3. The zero-order valence-corrected chi connectivity index (χ0v) is 11.0. The van der Waals surface area contributed by atoms with E-state index in [-0.39, 0.29) is 0 Å². The first-order valence-corrected chi connectivity index (χ1v) is 6.38. The van der Waals surface area contributed by atoms with E-state index in [4.69, 9.17) is 10.00 Å². The Bertz CT molecular complexity index is 586. The van der Waals surface area contributed by atoms with E-state index in [0.717, 1.165) is 22.1 Å². The van der Waals surface area contributed by atoms with E-state index in [9.17, 15) is 0 Å². The molecule has 0 atom stereocenters. The number of rotatable bonds is 4. The lowest BCUT2D eigenvalue weighted by Gasteiger charge is -2.10. The van der Waals surface area contributed by atoms with Gasteiger partial charge in [-0.2, -0.15) is 9.64 Å². The van der Waals surface area contributed by atoms with Crippen LogP contribution in [-0.2, 0) is 0 Å². The van der Waals surface area contributed by atoms with Crippen LogP contribution in [-0.4, -0.2) is 11.0 Å². The summed E-state index contributed by atoms with van der Waals surface area (Å²) < 4.78 is 9.70. The first-order valence-electron chi connectivity index (χ1n) is 5.61. The molecule has 0 unspecified atom stereocenters. The number of anilines is 2. The van der Waals surface area contributed by atoms with Crippen molar-refractivity contribution < 1.29 is 4.74 Å². The molecule has 0 spiro atoms. The maximum absolute atomic E-state index is 9.08. The third-order valence-corrected chi connectivity index (χ3v) is 3.26. The monoisotopic (exact) mass is 259 g/mol. The maximum atomic E-state index is 9.08. The van der Waals surface area contributed by atoms with Gasteiger partial charge in [0.15, 0.2) is 0 Å². The second-order valence-electron chi connectivity index (χ2n) is 3.64. The number of nitriles is 1. The van der Waals surface area contributed by atoms with E-state index in [2.05, 4.69) is 15.8 Å². The molecule has 0 amide bonds. The van der Waals surface area contributed by atoms with E-state index in [1.54, 1.807) is 0 Å². The predicted molar refractivity (Wildman–Crippen MR) is 72.5 cm³/mol. The molecule has 2 rings (SSSR count). The summed E-state index contributed by atoms with van der Waals surface area (Å²) in [6, 6.07) is 9.81. The van der Waals surface area contributed by atoms with E-state index in [1.165, 1.54) is 11.5 Å². The number of benzene rings is 1. The van der Waals surface area contributed by atoms with Crippen LogP contribution >= 0.6 is 11.5 Å². The average molecular weight is 259 g/mol. The molecule has 4 nitrogen and oxygen atoms in total. The van der Waals surface area contributed by atoms with Crippen molar-refractivity contribution in [1.82, 2.24) is 4.37 Å². The van der Waals surface area contributed by atoms with Crippen molar-refractivity contribution in [3.8, 4) is 11.8 Å². The second-order valence-corrected chi connectivity index (χ2v) is 4.41. The van der Waals surface area contributed by atoms with E-state index < -0.39 is 0 Å². The Balaban J connectivity index is 2.31. The van der Waals surface area contributed by atoms with Gasteiger partial charge < -0.3 is 10.1 Å². The van der Waals surface area contributed by atoms with Crippen molar-refractivity contribution in [3.05, 3.63) is 35.5 Å². The second kappa shape index (κ2) is 5.52. The van der Waals surface area contributed by atoms with Gasteiger partial charge >= 0.3 is 0 Å². The lowest BCUT2D eigenvalue weighted by molar-refractivity contribution is 0.342. The number of para-hydroxylation sites is 2. The van der Waals surface area contributed by atoms with Crippen LogP contribution in [0.25, 0.3) is 0 Å². The first-order chi connectivity index (χ1) is 8.76. The molecule has 1 aromatic carbocycles. The normalized spacial score (nSPS) is 9.83. The van der Waals surface area contributed by atoms with Crippen LogP contribution in [0.1, 0.15) is 18.2 Å². The minimum absolute atomic E-state index is 0.589. The van der Waals surface area contributed by atoms with Crippen molar-refractivity contribution >= 4 is 22.2 Å². The zero-order valence-electron chi connectivity index (χ0n) is 10.2. The molecule has 1 heterocycles. The molecule has 0 aliphatic carbocycles. The summed E-state index contributed by atoms with van der Waals surface area (Å²) in [6.45, 7) is 4.37. The molecule has 2 aromatic rings. The average Bonchev–Trinajstić information content (AvgIpc) is 2.72. The molecule has 0 radical (unpaired) electrons. The lowest BCUT2D eigenvalue weighted by atomic mass is 10.2. The van der Waals surface area contributed by atoms with Gasteiger partial charge in [0.25, 0.3) is 0 Å². The predicted octanol–water partition coefficient (Wildman–Crippen LogP) is 3.47. The Morgan fingerprint density at radius 2 is 2.22 bits per heavy atom. The fourth-order valence-electron chi connectivity index (χ4n) is 1.56. The zero-order chi connectivity index (χ0) is 13.0. The highest BCUT2D eigenvalue weighted by Crippen LogP contribution is 2.32. The van der Waals surface area contributed by atoms with E-state index >= 15 is 0 Å². The summed E-state index contributed by atoms with van der Waals surface area (Å²) in [7, 11) is 0. The third kappa shape index (κ3) is 2.44. The number of ether oxygens (including phenoxy) is 1. The Morgan fingerprint density at radius 3 is 2.94 bits per heavy atom. The Kier molecular flexibility index (Phi) is 3.80. The fraction of sp³-hybridized carbons (Fsp3) is 0.231. The first kappa shape index (κ1) is 12.4. The maximum Gasteiger partial charge on any atom is 0.142 e. The van der Waals surface area contributed by atoms with Crippen LogP contribution in [0.15, 0.2) is 24.3 Å². The summed E-state index contributed by atoms with van der Waals surface area (Å²) in [5.74, 6) is 0.773. The molecule has 5 heteroatoms. The molecule has 0 saturated carbocycles. The molecule has 92 valence electrons. The summed E-state index contributed by atoms with van der Waals surface area (Å²) in [4.78, 5) is 0. The molecule has 1 aromatic heterocycles. The van der Waals surface area contributed by atoms with Gasteiger partial charge in [-0.1, -0.05) is 12.1 Å². The Morgan fingerprint density at radius 1 is 1.44 bits per heavy atom. The summed E-state index contributed by atoms with van der Waals surface area (Å²) >= 11 is 1.28. The minimum atomic E-state index is 0.589. The van der Waals surface area contributed by atoms with Crippen molar-refractivity contribution in [2.24, 2.45) is 0 Å². The van der Waals surface area contributed by atoms with Gasteiger partial charge in [-0.05, 0) is 37.5 Å². The molecular formula is C13H13N3OS. The lowest BCUT2D eigenvalue weighted by Crippen LogP contribution is -1.97. The highest BCUT2D eigenvalue weighted by molar-refractivity contribution is 7.10. The molecule has 0 bridgehead atoms. The largest absolute Gasteiger partial charge is 0.492 e. The molecule has 0 aliphatic heterocycles. The number of nitrogens with one attached hydrogen (secondary N) is 1. The van der Waals surface area contributed by atoms with Crippen LogP contribution in [0.2, 0.25) is 0 Å². The van der Waals surface area contributed by atoms with Gasteiger partial charge in [0, 0.05) is 0 Å². The highest BCUT2D eigenvalue weighted by Gasteiger charge is 2.11. The number of hydrogen-bond donors (Lipinski definition) is 1. The molecule has 1 N–H and O–H groups in total. The Labute approximate surface area is 110 Å². The molecule has 0 saturated heterocycles. The number of aromatic nitrogens is 1. The van der Waals surface area contributed by atoms with Gasteiger partial charge in [0.2, 0.25) is 0 Å². The molecule has 0 aliphatic rings. The van der Waals surface area contributed by atoms with Gasteiger partial charge in [-0.25, -0.2) is 0 Å². The van der Waals surface area contributed by atoms with Crippen molar-refractivity contribution in [2.75, 3.05) is 11.9 Å². The van der Waals surface area contributed by atoms with Gasteiger partial charge in [0.1, 0.15) is 22.4 Å². The molecule has 0 fully saturated rings. The van der Waals surface area contributed by atoms with Gasteiger partial charge in [-0.3, -0.25) is 0 Å². The van der Waals surface area contributed by atoms with Crippen molar-refractivity contribution in [2.45, 2.75) is 13.8 Å². The molecule has 18 heavy (non-hydrogen) atoms. The summed E-state index contributed by atoms with van der Waals surface area (Å²) in [5.41, 5.74) is 2.18.